The van der Waals surface area contributed by atoms with E-state index < -0.39 is 0 Å². The van der Waals surface area contributed by atoms with Crippen LogP contribution in [-0.4, -0.2) is 27.3 Å². The second-order valence-corrected chi connectivity index (χ2v) is 9.13. The van der Waals surface area contributed by atoms with Crippen molar-refractivity contribution in [1.29, 1.82) is 0 Å². The molecule has 1 heterocycles. The monoisotopic (exact) mass is 443 g/mol. The van der Waals surface area contributed by atoms with E-state index in [0.717, 1.165) is 6.42 Å². The lowest BCUT2D eigenvalue weighted by molar-refractivity contribution is -0.120. The number of hydrogen-bond donors (Lipinski definition) is 1. The molecule has 0 aliphatic rings. The first-order valence-corrected chi connectivity index (χ1v) is 11.4. The van der Waals surface area contributed by atoms with Gasteiger partial charge in [0.05, 0.1) is 21.8 Å². The van der Waals surface area contributed by atoms with Gasteiger partial charge < -0.3 is 5.32 Å². The molecule has 0 fully saturated rings. The molecule has 3 rings (SSSR count). The summed E-state index contributed by atoms with van der Waals surface area (Å²) in [6, 6.07) is 14.3. The molecule has 1 N–H and O–H groups in total. The predicted molar refractivity (Wildman–Crippen MR) is 125 cm³/mol. The van der Waals surface area contributed by atoms with E-state index in [1.54, 1.807) is 28.8 Å². The Morgan fingerprint density at radius 2 is 1.97 bits per heavy atom. The summed E-state index contributed by atoms with van der Waals surface area (Å²) in [5.74, 6) is 0.483. The summed E-state index contributed by atoms with van der Waals surface area (Å²) in [5.41, 5.74) is 1.06. The number of rotatable bonds is 8. The van der Waals surface area contributed by atoms with Gasteiger partial charge in [-0.15, -0.1) is 0 Å². The van der Waals surface area contributed by atoms with Crippen LogP contribution in [0.1, 0.15) is 33.6 Å². The molecule has 1 unspecified atom stereocenters. The maximum absolute atomic E-state index is 13.3. The summed E-state index contributed by atoms with van der Waals surface area (Å²) in [6.07, 6.45) is 1.55. The first kappa shape index (κ1) is 22.4. The lowest BCUT2D eigenvalue weighted by atomic mass is 10.1. The number of nitrogens with one attached hydrogen (secondary N) is 1. The molecule has 158 valence electrons. The molecule has 0 saturated heterocycles. The number of thioether (sulfide) groups is 1. The van der Waals surface area contributed by atoms with Crippen molar-refractivity contribution in [3.05, 3.63) is 63.9 Å². The van der Waals surface area contributed by atoms with E-state index in [1.165, 1.54) is 11.8 Å². The molecule has 1 aromatic heterocycles. The highest BCUT2D eigenvalue weighted by atomic mass is 35.5. The van der Waals surface area contributed by atoms with E-state index in [4.69, 9.17) is 16.6 Å². The van der Waals surface area contributed by atoms with Crippen molar-refractivity contribution in [1.82, 2.24) is 14.9 Å². The van der Waals surface area contributed by atoms with Crippen LogP contribution >= 0.6 is 23.4 Å². The molecule has 1 atom stereocenters. The van der Waals surface area contributed by atoms with Gasteiger partial charge in [0.1, 0.15) is 0 Å². The Morgan fingerprint density at radius 1 is 1.20 bits per heavy atom. The number of carbonyl (C=O) groups is 1. The zero-order valence-corrected chi connectivity index (χ0v) is 19.0. The first-order valence-electron chi connectivity index (χ1n) is 10.1. The van der Waals surface area contributed by atoms with Gasteiger partial charge >= 0.3 is 0 Å². The van der Waals surface area contributed by atoms with Crippen LogP contribution in [0.15, 0.2) is 58.5 Å². The lowest BCUT2D eigenvalue weighted by Crippen LogP contribution is -2.34. The smallest absolute Gasteiger partial charge is 0.266 e. The average molecular weight is 444 g/mol. The van der Waals surface area contributed by atoms with Crippen molar-refractivity contribution in [2.45, 2.75) is 44.0 Å². The van der Waals surface area contributed by atoms with E-state index in [9.17, 15) is 9.59 Å². The van der Waals surface area contributed by atoms with Gasteiger partial charge in [0.25, 0.3) is 5.56 Å². The van der Waals surface area contributed by atoms with E-state index in [1.807, 2.05) is 31.2 Å². The van der Waals surface area contributed by atoms with Gasteiger partial charge in [-0.1, -0.05) is 62.3 Å². The summed E-state index contributed by atoms with van der Waals surface area (Å²) in [5, 5.41) is 4.19. The average Bonchev–Trinajstić information content (AvgIpc) is 2.71. The molecule has 5 nitrogen and oxygen atoms in total. The summed E-state index contributed by atoms with van der Waals surface area (Å²) in [6.45, 7) is 6.85. The minimum atomic E-state index is -0.351. The quantitative estimate of drug-likeness (QED) is 0.390. The number of halogens is 1. The SMILES string of the molecule is CCC(Sc1nc2ccccc2c(=O)n1-c1cccc(Cl)c1)C(=O)NCCC(C)C. The molecular formula is C23H26ClN3O2S. The van der Waals surface area contributed by atoms with Crippen molar-refractivity contribution < 1.29 is 4.79 Å². The lowest BCUT2D eigenvalue weighted by Gasteiger charge is -2.18. The highest BCUT2D eigenvalue weighted by Gasteiger charge is 2.22. The van der Waals surface area contributed by atoms with Crippen molar-refractivity contribution in [2.24, 2.45) is 5.92 Å². The van der Waals surface area contributed by atoms with Crippen LogP contribution in [0.3, 0.4) is 0 Å². The van der Waals surface area contributed by atoms with Crippen LogP contribution < -0.4 is 10.9 Å². The number of aromatic nitrogens is 2. The van der Waals surface area contributed by atoms with E-state index in [2.05, 4.69) is 19.2 Å². The molecule has 0 saturated carbocycles. The number of benzene rings is 2. The second kappa shape index (κ2) is 10.1. The predicted octanol–water partition coefficient (Wildman–Crippen LogP) is 5.07. The maximum atomic E-state index is 13.3. The molecule has 0 aliphatic carbocycles. The zero-order chi connectivity index (χ0) is 21.7. The number of hydrogen-bond acceptors (Lipinski definition) is 4. The number of para-hydroxylation sites is 1. The van der Waals surface area contributed by atoms with Gasteiger partial charge in [0, 0.05) is 11.6 Å². The molecular weight excluding hydrogens is 418 g/mol. The van der Waals surface area contributed by atoms with Crippen molar-refractivity contribution in [2.75, 3.05) is 6.54 Å². The Morgan fingerprint density at radius 3 is 2.67 bits per heavy atom. The molecule has 0 aliphatic heterocycles. The number of amides is 1. The minimum absolute atomic E-state index is 0.0387. The fourth-order valence-corrected chi connectivity index (χ4v) is 4.32. The summed E-state index contributed by atoms with van der Waals surface area (Å²) < 4.78 is 1.54. The Bertz CT molecular complexity index is 1100. The van der Waals surface area contributed by atoms with Crippen LogP contribution in [0.4, 0.5) is 0 Å². The van der Waals surface area contributed by atoms with Crippen LogP contribution in [0.5, 0.6) is 0 Å². The topological polar surface area (TPSA) is 64.0 Å². The largest absolute Gasteiger partial charge is 0.355 e. The van der Waals surface area contributed by atoms with E-state index in [-0.39, 0.29) is 16.7 Å². The summed E-state index contributed by atoms with van der Waals surface area (Å²) >= 11 is 7.49. The molecule has 0 radical (unpaired) electrons. The van der Waals surface area contributed by atoms with E-state index >= 15 is 0 Å². The van der Waals surface area contributed by atoms with Crippen LogP contribution in [0.2, 0.25) is 5.02 Å². The number of fused-ring (bicyclic) bond motifs is 1. The summed E-state index contributed by atoms with van der Waals surface area (Å²) in [7, 11) is 0. The van der Waals surface area contributed by atoms with Gasteiger partial charge in [-0.25, -0.2) is 4.98 Å². The van der Waals surface area contributed by atoms with Crippen molar-refractivity contribution >= 4 is 40.2 Å². The maximum Gasteiger partial charge on any atom is 0.266 e. The van der Waals surface area contributed by atoms with Gasteiger partial charge in [-0.2, -0.15) is 0 Å². The fourth-order valence-electron chi connectivity index (χ4n) is 3.08. The van der Waals surface area contributed by atoms with Crippen LogP contribution in [0, 0.1) is 5.92 Å². The third-order valence-electron chi connectivity index (χ3n) is 4.74. The Hall–Kier alpha value is -2.31. The fraction of sp³-hybridized carbons (Fsp3) is 0.348. The van der Waals surface area contributed by atoms with E-state index in [0.29, 0.717) is 45.7 Å². The molecule has 30 heavy (non-hydrogen) atoms. The molecule has 2 aromatic carbocycles. The van der Waals surface area contributed by atoms with Crippen molar-refractivity contribution in [3.8, 4) is 5.69 Å². The van der Waals surface area contributed by atoms with Gasteiger partial charge in [0.15, 0.2) is 5.16 Å². The summed E-state index contributed by atoms with van der Waals surface area (Å²) in [4.78, 5) is 30.8. The van der Waals surface area contributed by atoms with Gasteiger partial charge in [0.2, 0.25) is 5.91 Å². The number of carbonyl (C=O) groups excluding carboxylic acids is 1. The Kier molecular flexibility index (Phi) is 7.56. The van der Waals surface area contributed by atoms with Crippen LogP contribution in [-0.2, 0) is 4.79 Å². The normalized spacial score (nSPS) is 12.3. The zero-order valence-electron chi connectivity index (χ0n) is 17.4. The molecule has 3 aromatic rings. The second-order valence-electron chi connectivity index (χ2n) is 7.52. The highest BCUT2D eigenvalue weighted by molar-refractivity contribution is 8.00. The third kappa shape index (κ3) is 5.24. The molecule has 0 bridgehead atoms. The minimum Gasteiger partial charge on any atom is -0.355 e. The van der Waals surface area contributed by atoms with Crippen molar-refractivity contribution in [3.63, 3.8) is 0 Å². The van der Waals surface area contributed by atoms with Gasteiger partial charge in [-0.3, -0.25) is 14.2 Å². The Labute approximate surface area is 185 Å². The molecule has 7 heteroatoms. The van der Waals surface area contributed by atoms with Gasteiger partial charge in [-0.05, 0) is 49.1 Å². The standard InChI is InChI=1S/C23H26ClN3O2S/c1-4-20(21(28)25-13-12-15(2)3)30-23-26-19-11-6-5-10-18(19)22(29)27(23)17-9-7-8-16(24)14-17/h5-11,14-15,20H,4,12-13H2,1-3H3,(H,25,28). The molecule has 1 amide bonds. The Balaban J connectivity index is 2.02. The van der Waals surface area contributed by atoms with Crippen LogP contribution in [0.25, 0.3) is 16.6 Å². The molecule has 0 spiro atoms. The highest BCUT2D eigenvalue weighted by Crippen LogP contribution is 2.27. The first-order chi connectivity index (χ1) is 14.4. The number of nitrogens with zero attached hydrogens (tertiary/aromatic N) is 2. The third-order valence-corrected chi connectivity index (χ3v) is 6.29.